The van der Waals surface area contributed by atoms with Crippen molar-refractivity contribution >= 4 is 15.9 Å². The molecule has 0 bridgehead atoms. The molecular weight excluding hydrogens is 306 g/mol. The minimum Gasteiger partial charge on any atom is -0.444 e. The fraction of sp³-hybridized carbons (Fsp3) is 0.643. The quantitative estimate of drug-likeness (QED) is 0.838. The largest absolute Gasteiger partial charge is 0.444 e. The zero-order valence-corrected chi connectivity index (χ0v) is 13.8. The molecule has 8 heteroatoms. The van der Waals surface area contributed by atoms with E-state index in [1.54, 1.807) is 20.8 Å². The SMILES string of the molecule is CC(C)(C)OC(=O)N1CCC[C@H]1CS(=O)(=O)c1cnccn1. The Hall–Kier alpha value is -1.70. The average Bonchev–Trinajstić information content (AvgIpc) is 2.85. The predicted octanol–water partition coefficient (Wildman–Crippen LogP) is 1.65. The molecule has 1 aromatic heterocycles. The Morgan fingerprint density at radius 1 is 1.41 bits per heavy atom. The number of aromatic nitrogens is 2. The van der Waals surface area contributed by atoms with Gasteiger partial charge in [-0.1, -0.05) is 0 Å². The molecule has 1 saturated heterocycles. The first kappa shape index (κ1) is 16.7. The van der Waals surface area contributed by atoms with Crippen LogP contribution in [0.2, 0.25) is 0 Å². The number of rotatable bonds is 3. The summed E-state index contributed by atoms with van der Waals surface area (Å²) >= 11 is 0. The molecule has 0 unspecified atom stereocenters. The number of carbonyl (C=O) groups excluding carboxylic acids is 1. The van der Waals surface area contributed by atoms with Crippen LogP contribution in [0.4, 0.5) is 4.79 Å². The molecule has 0 aromatic carbocycles. The summed E-state index contributed by atoms with van der Waals surface area (Å²) in [6, 6.07) is -0.387. The zero-order chi connectivity index (χ0) is 16.4. The van der Waals surface area contributed by atoms with Gasteiger partial charge in [0.05, 0.1) is 11.9 Å². The summed E-state index contributed by atoms with van der Waals surface area (Å²) in [7, 11) is -3.58. The van der Waals surface area contributed by atoms with Gasteiger partial charge in [-0.05, 0) is 33.6 Å². The fourth-order valence-electron chi connectivity index (χ4n) is 2.35. The van der Waals surface area contributed by atoms with E-state index in [0.717, 1.165) is 6.42 Å². The first-order valence-corrected chi connectivity index (χ1v) is 8.83. The molecule has 1 atom stereocenters. The summed E-state index contributed by atoms with van der Waals surface area (Å²) in [5.41, 5.74) is -0.603. The maximum absolute atomic E-state index is 12.4. The summed E-state index contributed by atoms with van der Waals surface area (Å²) in [6.07, 6.45) is 4.92. The highest BCUT2D eigenvalue weighted by atomic mass is 32.2. The molecule has 1 fully saturated rings. The smallest absolute Gasteiger partial charge is 0.410 e. The van der Waals surface area contributed by atoms with Crippen LogP contribution in [0.15, 0.2) is 23.6 Å². The van der Waals surface area contributed by atoms with Crippen LogP contribution >= 0.6 is 0 Å². The molecule has 1 amide bonds. The molecule has 0 aliphatic carbocycles. The van der Waals surface area contributed by atoms with Gasteiger partial charge in [0, 0.05) is 25.0 Å². The van der Waals surface area contributed by atoms with E-state index in [4.69, 9.17) is 4.74 Å². The first-order chi connectivity index (χ1) is 10.2. The number of hydrogen-bond donors (Lipinski definition) is 0. The minimum absolute atomic E-state index is 0.0639. The van der Waals surface area contributed by atoms with Crippen molar-refractivity contribution < 1.29 is 17.9 Å². The molecule has 2 rings (SSSR count). The minimum atomic E-state index is -3.58. The van der Waals surface area contributed by atoms with E-state index in [-0.39, 0.29) is 16.8 Å². The van der Waals surface area contributed by atoms with Gasteiger partial charge in [0.1, 0.15) is 5.60 Å². The van der Waals surface area contributed by atoms with Crippen molar-refractivity contribution in [3.63, 3.8) is 0 Å². The van der Waals surface area contributed by atoms with Gasteiger partial charge in [-0.15, -0.1) is 0 Å². The predicted molar refractivity (Wildman–Crippen MR) is 80.0 cm³/mol. The molecule has 0 radical (unpaired) electrons. The highest BCUT2D eigenvalue weighted by Gasteiger charge is 2.35. The molecule has 0 spiro atoms. The second-order valence-corrected chi connectivity index (χ2v) is 8.28. The van der Waals surface area contributed by atoms with Gasteiger partial charge in [0.2, 0.25) is 0 Å². The third-order valence-electron chi connectivity index (χ3n) is 3.28. The monoisotopic (exact) mass is 327 g/mol. The molecule has 1 aliphatic rings. The third-order valence-corrected chi connectivity index (χ3v) is 4.95. The summed E-state index contributed by atoms with van der Waals surface area (Å²) in [4.78, 5) is 21.3. The van der Waals surface area contributed by atoms with E-state index in [2.05, 4.69) is 9.97 Å². The lowest BCUT2D eigenvalue weighted by molar-refractivity contribution is 0.0241. The van der Waals surface area contributed by atoms with Crippen molar-refractivity contribution in [2.24, 2.45) is 0 Å². The van der Waals surface area contributed by atoms with Crippen LogP contribution in [0, 0.1) is 0 Å². The lowest BCUT2D eigenvalue weighted by Gasteiger charge is -2.28. The first-order valence-electron chi connectivity index (χ1n) is 7.17. The topological polar surface area (TPSA) is 89.5 Å². The highest BCUT2D eigenvalue weighted by molar-refractivity contribution is 7.91. The Labute approximate surface area is 130 Å². The maximum Gasteiger partial charge on any atom is 0.410 e. The molecule has 0 N–H and O–H groups in total. The maximum atomic E-state index is 12.4. The summed E-state index contributed by atoms with van der Waals surface area (Å²) in [5, 5.41) is -0.0639. The van der Waals surface area contributed by atoms with Gasteiger partial charge < -0.3 is 9.64 Å². The van der Waals surface area contributed by atoms with Crippen molar-refractivity contribution in [1.82, 2.24) is 14.9 Å². The number of hydrogen-bond acceptors (Lipinski definition) is 6. The van der Waals surface area contributed by atoms with Gasteiger partial charge in [-0.25, -0.2) is 18.2 Å². The molecule has 1 aromatic rings. The van der Waals surface area contributed by atoms with E-state index < -0.39 is 21.5 Å². The van der Waals surface area contributed by atoms with E-state index >= 15 is 0 Å². The van der Waals surface area contributed by atoms with Crippen LogP contribution in [0.5, 0.6) is 0 Å². The Morgan fingerprint density at radius 2 is 2.14 bits per heavy atom. The van der Waals surface area contributed by atoms with Crippen molar-refractivity contribution in [2.75, 3.05) is 12.3 Å². The highest BCUT2D eigenvalue weighted by Crippen LogP contribution is 2.23. The van der Waals surface area contributed by atoms with Crippen molar-refractivity contribution in [1.29, 1.82) is 0 Å². The molecule has 2 heterocycles. The number of nitrogens with zero attached hydrogens (tertiary/aromatic N) is 3. The Balaban J connectivity index is 2.10. The summed E-state index contributed by atoms with van der Waals surface area (Å²) in [5.74, 6) is -0.162. The van der Waals surface area contributed by atoms with Gasteiger partial charge in [0.15, 0.2) is 14.9 Å². The van der Waals surface area contributed by atoms with Gasteiger partial charge in [0.25, 0.3) is 0 Å². The third kappa shape index (κ3) is 4.16. The molecule has 122 valence electrons. The van der Waals surface area contributed by atoms with Crippen LogP contribution in [-0.2, 0) is 14.6 Å². The standard InChI is InChI=1S/C14H21N3O4S/c1-14(2,3)21-13(18)17-8-4-5-11(17)10-22(19,20)12-9-15-6-7-16-12/h6-7,9,11H,4-5,8,10H2,1-3H3/t11-/m0/s1. The summed E-state index contributed by atoms with van der Waals surface area (Å²) in [6.45, 7) is 5.86. The number of sulfone groups is 1. The normalized spacial score (nSPS) is 19.2. The summed E-state index contributed by atoms with van der Waals surface area (Å²) < 4.78 is 30.1. The van der Waals surface area contributed by atoms with Crippen LogP contribution in [0.25, 0.3) is 0 Å². The van der Waals surface area contributed by atoms with Crippen LogP contribution in [-0.4, -0.2) is 53.3 Å². The second kappa shape index (κ2) is 6.20. The lowest BCUT2D eigenvalue weighted by Crippen LogP contribution is -2.42. The Bertz CT molecular complexity index is 625. The van der Waals surface area contributed by atoms with E-state index in [1.165, 1.54) is 23.5 Å². The molecule has 22 heavy (non-hydrogen) atoms. The van der Waals surface area contributed by atoms with Crippen LogP contribution < -0.4 is 0 Å². The number of likely N-dealkylation sites (tertiary alicyclic amines) is 1. The van der Waals surface area contributed by atoms with Gasteiger partial charge >= 0.3 is 6.09 Å². The number of ether oxygens (including phenoxy) is 1. The van der Waals surface area contributed by atoms with Crippen molar-refractivity contribution in [2.45, 2.75) is 50.3 Å². The average molecular weight is 327 g/mol. The van der Waals surface area contributed by atoms with E-state index in [9.17, 15) is 13.2 Å². The van der Waals surface area contributed by atoms with E-state index in [0.29, 0.717) is 13.0 Å². The van der Waals surface area contributed by atoms with Crippen LogP contribution in [0.3, 0.4) is 0 Å². The Morgan fingerprint density at radius 3 is 2.73 bits per heavy atom. The molecular formula is C14H21N3O4S. The number of carbonyl (C=O) groups is 1. The second-order valence-electron chi connectivity index (χ2n) is 6.29. The fourth-order valence-corrected chi connectivity index (χ4v) is 3.82. The Kier molecular flexibility index (Phi) is 4.69. The van der Waals surface area contributed by atoms with Gasteiger partial charge in [-0.2, -0.15) is 0 Å². The zero-order valence-electron chi connectivity index (χ0n) is 13.0. The molecule has 0 saturated carbocycles. The molecule has 1 aliphatic heterocycles. The molecule has 7 nitrogen and oxygen atoms in total. The van der Waals surface area contributed by atoms with Crippen molar-refractivity contribution in [3.8, 4) is 0 Å². The van der Waals surface area contributed by atoms with Crippen LogP contribution in [0.1, 0.15) is 33.6 Å². The van der Waals surface area contributed by atoms with Crippen molar-refractivity contribution in [3.05, 3.63) is 18.6 Å². The number of amides is 1. The van der Waals surface area contributed by atoms with E-state index in [1.807, 2.05) is 0 Å². The lowest BCUT2D eigenvalue weighted by atomic mass is 10.2. The van der Waals surface area contributed by atoms with Gasteiger partial charge in [-0.3, -0.25) is 4.98 Å².